The number of hydrogen-bond acceptors (Lipinski definition) is 5. The van der Waals surface area contributed by atoms with Crippen LogP contribution in [-0.4, -0.2) is 61.9 Å². The summed E-state index contributed by atoms with van der Waals surface area (Å²) in [6.45, 7) is 3.28. The number of rotatable bonds is 10. The highest BCUT2D eigenvalue weighted by atomic mass is 16.5. The molecule has 0 aliphatic carbocycles. The van der Waals surface area contributed by atoms with Gasteiger partial charge in [0.25, 0.3) is 0 Å². The molecule has 0 unspecified atom stereocenters. The number of nitrogens with zero attached hydrogens (tertiary/aromatic N) is 1. The highest BCUT2D eigenvalue weighted by Gasteiger charge is 2.14. The second-order valence-electron chi connectivity index (χ2n) is 3.79. The van der Waals surface area contributed by atoms with Gasteiger partial charge >= 0.3 is 5.97 Å². The van der Waals surface area contributed by atoms with Crippen LogP contribution in [0.2, 0.25) is 0 Å². The minimum absolute atomic E-state index is 0.00833. The minimum Gasteiger partial charge on any atom is -0.469 e. The molecule has 18 heavy (non-hydrogen) atoms. The number of aliphatic hydroxyl groups excluding tert-OH is 1. The van der Waals surface area contributed by atoms with E-state index in [1.54, 1.807) is 4.90 Å². The molecule has 0 saturated heterocycles. The zero-order valence-electron chi connectivity index (χ0n) is 11.2. The maximum Gasteiger partial charge on any atom is 0.307 e. The molecule has 0 aliphatic heterocycles. The Morgan fingerprint density at radius 1 is 1.17 bits per heavy atom. The average Bonchev–Trinajstić information content (AvgIpc) is 2.37. The fraction of sp³-hybridized carbons (Fsp3) is 0.833. The number of amides is 1. The summed E-state index contributed by atoms with van der Waals surface area (Å²) in [5.74, 6) is -0.324. The van der Waals surface area contributed by atoms with E-state index >= 15 is 0 Å². The first kappa shape index (κ1) is 16.9. The van der Waals surface area contributed by atoms with Crippen molar-refractivity contribution in [1.82, 2.24) is 4.90 Å². The van der Waals surface area contributed by atoms with Crippen LogP contribution in [0.25, 0.3) is 0 Å². The van der Waals surface area contributed by atoms with Gasteiger partial charge in [0, 0.05) is 19.5 Å². The van der Waals surface area contributed by atoms with Gasteiger partial charge in [-0.05, 0) is 6.42 Å². The maximum atomic E-state index is 11.8. The Morgan fingerprint density at radius 3 is 2.44 bits per heavy atom. The molecule has 1 amide bonds. The molecule has 0 bridgehead atoms. The van der Waals surface area contributed by atoms with Crippen molar-refractivity contribution >= 4 is 11.9 Å². The van der Waals surface area contributed by atoms with Crippen LogP contribution >= 0.6 is 0 Å². The summed E-state index contributed by atoms with van der Waals surface area (Å²) in [5, 5.41) is 8.57. The van der Waals surface area contributed by atoms with E-state index in [4.69, 9.17) is 9.84 Å². The monoisotopic (exact) mass is 261 g/mol. The van der Waals surface area contributed by atoms with Crippen LogP contribution in [0.5, 0.6) is 0 Å². The van der Waals surface area contributed by atoms with Crippen LogP contribution in [0.3, 0.4) is 0 Å². The van der Waals surface area contributed by atoms with Gasteiger partial charge < -0.3 is 19.5 Å². The predicted octanol–water partition coefficient (Wildman–Crippen LogP) is 0.187. The van der Waals surface area contributed by atoms with E-state index in [1.165, 1.54) is 7.11 Å². The first-order chi connectivity index (χ1) is 8.65. The molecule has 106 valence electrons. The smallest absolute Gasteiger partial charge is 0.307 e. The van der Waals surface area contributed by atoms with E-state index in [0.29, 0.717) is 26.1 Å². The highest BCUT2D eigenvalue weighted by Crippen LogP contribution is 2.00. The van der Waals surface area contributed by atoms with E-state index in [9.17, 15) is 9.59 Å². The van der Waals surface area contributed by atoms with Gasteiger partial charge in [-0.3, -0.25) is 9.59 Å². The van der Waals surface area contributed by atoms with E-state index in [0.717, 1.165) is 6.42 Å². The topological polar surface area (TPSA) is 76.1 Å². The van der Waals surface area contributed by atoms with Crippen LogP contribution in [0.1, 0.15) is 26.2 Å². The van der Waals surface area contributed by atoms with E-state index < -0.39 is 0 Å². The molecular formula is C12H23NO5. The fourth-order valence-corrected chi connectivity index (χ4v) is 1.40. The Hall–Kier alpha value is -1.14. The van der Waals surface area contributed by atoms with Crippen molar-refractivity contribution in [2.24, 2.45) is 0 Å². The molecule has 6 nitrogen and oxygen atoms in total. The lowest BCUT2D eigenvalue weighted by molar-refractivity contribution is -0.142. The lowest BCUT2D eigenvalue weighted by Crippen LogP contribution is -2.35. The van der Waals surface area contributed by atoms with E-state index in [-0.39, 0.29) is 31.5 Å². The summed E-state index contributed by atoms with van der Waals surface area (Å²) < 4.78 is 9.66. The lowest BCUT2D eigenvalue weighted by Gasteiger charge is -2.22. The van der Waals surface area contributed by atoms with E-state index in [2.05, 4.69) is 4.74 Å². The number of ether oxygens (including phenoxy) is 2. The SMILES string of the molecule is CCCC(=O)N(CCOCCO)CCC(=O)OC. The molecule has 0 rings (SSSR count). The third-order valence-corrected chi connectivity index (χ3v) is 2.37. The molecular weight excluding hydrogens is 238 g/mol. The van der Waals surface area contributed by atoms with Crippen molar-refractivity contribution in [3.05, 3.63) is 0 Å². The van der Waals surface area contributed by atoms with Gasteiger partial charge in [-0.1, -0.05) is 6.92 Å². The van der Waals surface area contributed by atoms with Crippen molar-refractivity contribution in [3.63, 3.8) is 0 Å². The summed E-state index contributed by atoms with van der Waals surface area (Å²) >= 11 is 0. The number of carbonyl (C=O) groups is 2. The molecule has 1 N–H and O–H groups in total. The number of esters is 1. The maximum absolute atomic E-state index is 11.8. The molecule has 0 atom stereocenters. The molecule has 0 saturated carbocycles. The van der Waals surface area contributed by atoms with Crippen molar-refractivity contribution < 1.29 is 24.2 Å². The Bertz CT molecular complexity index is 245. The summed E-state index contributed by atoms with van der Waals surface area (Å²) in [6.07, 6.45) is 1.41. The summed E-state index contributed by atoms with van der Waals surface area (Å²) in [4.78, 5) is 24.4. The molecule has 0 radical (unpaired) electrons. The number of hydrogen-bond donors (Lipinski definition) is 1. The van der Waals surface area contributed by atoms with Gasteiger partial charge in [-0.25, -0.2) is 0 Å². The first-order valence-electron chi connectivity index (χ1n) is 6.18. The Balaban J connectivity index is 4.07. The summed E-state index contributed by atoms with van der Waals surface area (Å²) in [6, 6.07) is 0. The third kappa shape index (κ3) is 8.03. The normalized spacial score (nSPS) is 10.2. The average molecular weight is 261 g/mol. The second-order valence-corrected chi connectivity index (χ2v) is 3.79. The van der Waals surface area contributed by atoms with Gasteiger partial charge in [-0.2, -0.15) is 0 Å². The number of aliphatic hydroxyl groups is 1. The van der Waals surface area contributed by atoms with Crippen LogP contribution < -0.4 is 0 Å². The van der Waals surface area contributed by atoms with Gasteiger partial charge in [0.2, 0.25) is 5.91 Å². The molecule has 6 heteroatoms. The van der Waals surface area contributed by atoms with Crippen molar-refractivity contribution in [2.75, 3.05) is 40.0 Å². The van der Waals surface area contributed by atoms with Crippen molar-refractivity contribution in [3.8, 4) is 0 Å². The standard InChI is InChI=1S/C12H23NO5/c1-3-4-11(15)13(6-5-12(16)17-2)7-9-18-10-8-14/h14H,3-10H2,1-2H3. The lowest BCUT2D eigenvalue weighted by atomic mass is 10.2. The Morgan fingerprint density at radius 2 is 1.89 bits per heavy atom. The van der Waals surface area contributed by atoms with Gasteiger partial charge in [0.1, 0.15) is 0 Å². The Kier molecular flexibility index (Phi) is 10.3. The predicted molar refractivity (Wildman–Crippen MR) is 66.0 cm³/mol. The highest BCUT2D eigenvalue weighted by molar-refractivity contribution is 5.77. The molecule has 0 aromatic carbocycles. The molecule has 0 aliphatic rings. The van der Waals surface area contributed by atoms with Crippen LogP contribution in [0.4, 0.5) is 0 Å². The van der Waals surface area contributed by atoms with Gasteiger partial charge in [0.15, 0.2) is 0 Å². The largest absolute Gasteiger partial charge is 0.469 e. The zero-order valence-corrected chi connectivity index (χ0v) is 11.2. The second kappa shape index (κ2) is 11.0. The van der Waals surface area contributed by atoms with Gasteiger partial charge in [0.05, 0.1) is 33.4 Å². The molecule has 0 fully saturated rings. The zero-order chi connectivity index (χ0) is 13.8. The summed E-state index contributed by atoms with van der Waals surface area (Å²) in [7, 11) is 1.32. The van der Waals surface area contributed by atoms with Crippen LogP contribution in [-0.2, 0) is 19.1 Å². The fourth-order valence-electron chi connectivity index (χ4n) is 1.40. The quantitative estimate of drug-likeness (QED) is 0.448. The minimum atomic E-state index is -0.333. The molecule has 0 aromatic heterocycles. The van der Waals surface area contributed by atoms with Crippen molar-refractivity contribution in [1.29, 1.82) is 0 Å². The van der Waals surface area contributed by atoms with Crippen LogP contribution in [0, 0.1) is 0 Å². The third-order valence-electron chi connectivity index (χ3n) is 2.37. The number of carbonyl (C=O) groups excluding carboxylic acids is 2. The molecule has 0 heterocycles. The molecule has 0 spiro atoms. The van der Waals surface area contributed by atoms with E-state index in [1.807, 2.05) is 6.92 Å². The summed E-state index contributed by atoms with van der Waals surface area (Å²) in [5.41, 5.74) is 0. The van der Waals surface area contributed by atoms with Crippen molar-refractivity contribution in [2.45, 2.75) is 26.2 Å². The molecule has 0 aromatic rings. The number of methoxy groups -OCH3 is 1. The van der Waals surface area contributed by atoms with Gasteiger partial charge in [-0.15, -0.1) is 0 Å². The Labute approximate surface area is 108 Å². The first-order valence-corrected chi connectivity index (χ1v) is 6.18. The van der Waals surface area contributed by atoms with Crippen LogP contribution in [0.15, 0.2) is 0 Å².